The molecule has 3 heterocycles. The number of fused-ring (bicyclic) bond motifs is 1. The lowest BCUT2D eigenvalue weighted by molar-refractivity contribution is 0.0945. The summed E-state index contributed by atoms with van der Waals surface area (Å²) in [5.74, 6) is 0.814. The molecule has 0 bridgehead atoms. The largest absolute Gasteiger partial charge is 0.345 e. The summed E-state index contributed by atoms with van der Waals surface area (Å²) in [4.78, 5) is 23.5. The highest BCUT2D eigenvalue weighted by molar-refractivity contribution is 5.92. The van der Waals surface area contributed by atoms with E-state index >= 15 is 0 Å². The van der Waals surface area contributed by atoms with Crippen LogP contribution in [0.2, 0.25) is 0 Å². The first-order chi connectivity index (χ1) is 11.1. The van der Waals surface area contributed by atoms with Crippen LogP contribution in [0.1, 0.15) is 48.8 Å². The van der Waals surface area contributed by atoms with Gasteiger partial charge in [0.05, 0.1) is 18.3 Å². The molecule has 0 fully saturated rings. The van der Waals surface area contributed by atoms with Crippen LogP contribution in [0.25, 0.3) is 0 Å². The molecule has 0 aromatic carbocycles. The van der Waals surface area contributed by atoms with Gasteiger partial charge in [-0.25, -0.2) is 4.98 Å². The quantitative estimate of drug-likeness (QED) is 0.937. The smallest absolute Gasteiger partial charge is 0.271 e. The number of pyridine rings is 1. The summed E-state index contributed by atoms with van der Waals surface area (Å²) >= 11 is 0. The van der Waals surface area contributed by atoms with Crippen LogP contribution in [0.5, 0.6) is 0 Å². The standard InChI is InChI=1S/C17H23N5O/c1-12(2)22-9-8-21-11-15(20-16(21)13(22)3)17(23)19-10-14-6-4-5-7-18-14/h4-7,11-13H,8-10H2,1-3H3,(H,19,23)/t13-/m1/s1. The predicted molar refractivity (Wildman–Crippen MR) is 87.9 cm³/mol. The molecule has 2 aromatic heterocycles. The minimum absolute atomic E-state index is 0.152. The van der Waals surface area contributed by atoms with Crippen molar-refractivity contribution in [1.82, 2.24) is 24.8 Å². The van der Waals surface area contributed by atoms with Crippen molar-refractivity contribution in [2.24, 2.45) is 0 Å². The molecule has 0 spiro atoms. The molecule has 0 unspecified atom stereocenters. The van der Waals surface area contributed by atoms with E-state index in [0.717, 1.165) is 24.6 Å². The summed E-state index contributed by atoms with van der Waals surface area (Å²) in [5, 5.41) is 2.88. The van der Waals surface area contributed by atoms with Crippen LogP contribution in [0, 0.1) is 0 Å². The Hall–Kier alpha value is -2.21. The normalized spacial score (nSPS) is 18.0. The third kappa shape index (κ3) is 3.27. The molecule has 1 N–H and O–H groups in total. The molecule has 23 heavy (non-hydrogen) atoms. The fraction of sp³-hybridized carbons (Fsp3) is 0.471. The zero-order valence-electron chi connectivity index (χ0n) is 13.9. The third-order valence-corrected chi connectivity index (χ3v) is 4.33. The average molecular weight is 313 g/mol. The maximum atomic E-state index is 12.3. The minimum Gasteiger partial charge on any atom is -0.345 e. The van der Waals surface area contributed by atoms with Crippen molar-refractivity contribution in [2.75, 3.05) is 6.54 Å². The average Bonchev–Trinajstić information content (AvgIpc) is 2.99. The van der Waals surface area contributed by atoms with E-state index in [1.54, 1.807) is 6.20 Å². The highest BCUT2D eigenvalue weighted by Crippen LogP contribution is 2.26. The Bertz CT molecular complexity index is 680. The molecular formula is C17H23N5O. The van der Waals surface area contributed by atoms with Gasteiger partial charge in [0.15, 0.2) is 0 Å². The second kappa shape index (κ2) is 6.50. The van der Waals surface area contributed by atoms with E-state index in [2.05, 4.69) is 45.5 Å². The van der Waals surface area contributed by atoms with Gasteiger partial charge in [-0.05, 0) is 32.9 Å². The summed E-state index contributed by atoms with van der Waals surface area (Å²) in [6.45, 7) is 8.80. The van der Waals surface area contributed by atoms with Crippen LogP contribution in [0.4, 0.5) is 0 Å². The van der Waals surface area contributed by atoms with E-state index in [4.69, 9.17) is 0 Å². The van der Waals surface area contributed by atoms with Crippen LogP contribution < -0.4 is 5.32 Å². The molecule has 122 valence electrons. The molecule has 0 saturated heterocycles. The molecule has 0 saturated carbocycles. The summed E-state index contributed by atoms with van der Waals surface area (Å²) in [5.41, 5.74) is 1.32. The van der Waals surface area contributed by atoms with Gasteiger partial charge in [-0.3, -0.25) is 14.7 Å². The number of carbonyl (C=O) groups excluding carboxylic acids is 1. The lowest BCUT2D eigenvalue weighted by Crippen LogP contribution is -2.41. The molecule has 1 atom stereocenters. The van der Waals surface area contributed by atoms with Gasteiger partial charge < -0.3 is 9.88 Å². The maximum Gasteiger partial charge on any atom is 0.271 e. The van der Waals surface area contributed by atoms with Crippen molar-refractivity contribution in [3.05, 3.63) is 47.8 Å². The number of hydrogen-bond donors (Lipinski definition) is 1. The van der Waals surface area contributed by atoms with Crippen LogP contribution in [0.15, 0.2) is 30.6 Å². The van der Waals surface area contributed by atoms with Crippen LogP contribution in [0.3, 0.4) is 0 Å². The van der Waals surface area contributed by atoms with Gasteiger partial charge >= 0.3 is 0 Å². The van der Waals surface area contributed by atoms with Crippen molar-refractivity contribution < 1.29 is 4.79 Å². The first-order valence-electron chi connectivity index (χ1n) is 8.07. The molecule has 1 amide bonds. The SMILES string of the molecule is CC(C)N1CCn2cc(C(=O)NCc3ccccn3)nc2[C@H]1C. The molecule has 3 rings (SSSR count). The van der Waals surface area contributed by atoms with Gasteiger partial charge in [0.1, 0.15) is 11.5 Å². The fourth-order valence-corrected chi connectivity index (χ4v) is 3.09. The Morgan fingerprint density at radius 1 is 1.39 bits per heavy atom. The van der Waals surface area contributed by atoms with E-state index in [9.17, 15) is 4.79 Å². The molecule has 0 radical (unpaired) electrons. The number of hydrogen-bond acceptors (Lipinski definition) is 4. The van der Waals surface area contributed by atoms with Gasteiger partial charge in [0.2, 0.25) is 0 Å². The molecule has 1 aliphatic heterocycles. The van der Waals surface area contributed by atoms with Gasteiger partial charge in [0, 0.05) is 31.5 Å². The molecule has 2 aromatic rings. The van der Waals surface area contributed by atoms with Crippen molar-refractivity contribution in [2.45, 2.75) is 45.9 Å². The summed E-state index contributed by atoms with van der Waals surface area (Å²) in [6, 6.07) is 6.35. The minimum atomic E-state index is -0.152. The molecule has 0 aliphatic carbocycles. The summed E-state index contributed by atoms with van der Waals surface area (Å²) < 4.78 is 2.10. The van der Waals surface area contributed by atoms with Gasteiger partial charge in [-0.15, -0.1) is 0 Å². The Labute approximate surface area is 136 Å². The van der Waals surface area contributed by atoms with Crippen molar-refractivity contribution in [1.29, 1.82) is 0 Å². The predicted octanol–water partition coefficient (Wildman–Crippen LogP) is 1.99. The first kappa shape index (κ1) is 15.7. The number of imidazole rings is 1. The Balaban J connectivity index is 1.70. The van der Waals surface area contributed by atoms with Crippen LogP contribution in [-0.2, 0) is 13.1 Å². The lowest BCUT2D eigenvalue weighted by atomic mass is 10.1. The second-order valence-corrected chi connectivity index (χ2v) is 6.19. The van der Waals surface area contributed by atoms with E-state index in [1.807, 2.05) is 24.4 Å². The van der Waals surface area contributed by atoms with Crippen LogP contribution in [-0.4, -0.2) is 37.9 Å². The van der Waals surface area contributed by atoms with Crippen molar-refractivity contribution in [3.8, 4) is 0 Å². The number of aromatic nitrogens is 3. The number of rotatable bonds is 4. The number of nitrogens with zero attached hydrogens (tertiary/aromatic N) is 4. The zero-order chi connectivity index (χ0) is 16.4. The maximum absolute atomic E-state index is 12.3. The lowest BCUT2D eigenvalue weighted by Gasteiger charge is -2.36. The number of amides is 1. The van der Waals surface area contributed by atoms with E-state index in [1.165, 1.54) is 0 Å². The van der Waals surface area contributed by atoms with Crippen LogP contribution >= 0.6 is 0 Å². The van der Waals surface area contributed by atoms with Gasteiger partial charge in [-0.2, -0.15) is 0 Å². The van der Waals surface area contributed by atoms with E-state index in [-0.39, 0.29) is 11.9 Å². The number of nitrogens with one attached hydrogen (secondary N) is 1. The Morgan fingerprint density at radius 2 is 2.22 bits per heavy atom. The summed E-state index contributed by atoms with van der Waals surface area (Å²) in [6.07, 6.45) is 3.58. The Morgan fingerprint density at radius 3 is 2.91 bits per heavy atom. The molecular weight excluding hydrogens is 290 g/mol. The first-order valence-corrected chi connectivity index (χ1v) is 8.07. The third-order valence-electron chi connectivity index (χ3n) is 4.33. The zero-order valence-corrected chi connectivity index (χ0v) is 13.9. The topological polar surface area (TPSA) is 63.1 Å². The molecule has 1 aliphatic rings. The highest BCUT2D eigenvalue weighted by atomic mass is 16.1. The van der Waals surface area contributed by atoms with Crippen molar-refractivity contribution >= 4 is 5.91 Å². The monoisotopic (exact) mass is 313 g/mol. The van der Waals surface area contributed by atoms with Gasteiger partial charge in [0.25, 0.3) is 5.91 Å². The summed E-state index contributed by atoms with van der Waals surface area (Å²) in [7, 11) is 0. The van der Waals surface area contributed by atoms with E-state index in [0.29, 0.717) is 18.3 Å². The van der Waals surface area contributed by atoms with Gasteiger partial charge in [-0.1, -0.05) is 6.07 Å². The fourth-order valence-electron chi connectivity index (χ4n) is 3.09. The number of carbonyl (C=O) groups is 1. The van der Waals surface area contributed by atoms with Crippen molar-refractivity contribution in [3.63, 3.8) is 0 Å². The second-order valence-electron chi connectivity index (χ2n) is 6.19. The van der Waals surface area contributed by atoms with E-state index < -0.39 is 0 Å². The molecule has 6 heteroatoms. The Kier molecular flexibility index (Phi) is 4.43. The molecule has 6 nitrogen and oxygen atoms in total. The highest BCUT2D eigenvalue weighted by Gasteiger charge is 2.28.